The fourth-order valence-electron chi connectivity index (χ4n) is 1.08. The highest BCUT2D eigenvalue weighted by atomic mass is 16.5. The SMILES string of the molecule is COC(=O)C[C@@H](O)c1cccc(OC)n1. The molecule has 0 aliphatic carbocycles. The van der Waals surface area contributed by atoms with Crippen LogP contribution >= 0.6 is 0 Å². The number of pyridine rings is 1. The van der Waals surface area contributed by atoms with Gasteiger partial charge in [-0.3, -0.25) is 4.79 Å². The van der Waals surface area contributed by atoms with Gasteiger partial charge in [0.15, 0.2) is 0 Å². The molecule has 0 saturated heterocycles. The molecule has 0 amide bonds. The molecular formula is C10H13NO4. The zero-order valence-corrected chi connectivity index (χ0v) is 8.64. The molecule has 0 aliphatic rings. The lowest BCUT2D eigenvalue weighted by molar-refractivity contribution is -0.142. The molecule has 0 radical (unpaired) electrons. The lowest BCUT2D eigenvalue weighted by Crippen LogP contribution is -2.09. The first-order chi connectivity index (χ1) is 7.17. The fraction of sp³-hybridized carbons (Fsp3) is 0.400. The maximum Gasteiger partial charge on any atom is 0.308 e. The third-order valence-electron chi connectivity index (χ3n) is 1.88. The third-order valence-corrected chi connectivity index (χ3v) is 1.88. The second kappa shape index (κ2) is 5.31. The van der Waals surface area contributed by atoms with Gasteiger partial charge in [0.05, 0.1) is 26.3 Å². The van der Waals surface area contributed by atoms with E-state index in [0.717, 1.165) is 0 Å². The Hall–Kier alpha value is -1.62. The van der Waals surface area contributed by atoms with Crippen LogP contribution in [0.3, 0.4) is 0 Å². The van der Waals surface area contributed by atoms with Gasteiger partial charge >= 0.3 is 5.97 Å². The van der Waals surface area contributed by atoms with Crippen LogP contribution in [-0.4, -0.2) is 30.3 Å². The van der Waals surface area contributed by atoms with E-state index >= 15 is 0 Å². The smallest absolute Gasteiger partial charge is 0.308 e. The second-order valence-electron chi connectivity index (χ2n) is 2.90. The van der Waals surface area contributed by atoms with Crippen LogP contribution in [0.25, 0.3) is 0 Å². The van der Waals surface area contributed by atoms with Gasteiger partial charge in [0.2, 0.25) is 5.88 Å². The first kappa shape index (κ1) is 11.5. The van der Waals surface area contributed by atoms with Crippen LogP contribution in [0.5, 0.6) is 5.88 Å². The Morgan fingerprint density at radius 1 is 1.53 bits per heavy atom. The number of nitrogens with zero attached hydrogens (tertiary/aromatic N) is 1. The van der Waals surface area contributed by atoms with Gasteiger partial charge in [0.1, 0.15) is 6.10 Å². The Kier molecular flexibility index (Phi) is 4.05. The van der Waals surface area contributed by atoms with Crippen molar-refractivity contribution in [3.8, 4) is 5.88 Å². The van der Waals surface area contributed by atoms with E-state index in [1.54, 1.807) is 18.2 Å². The van der Waals surface area contributed by atoms with Crippen molar-refractivity contribution in [3.63, 3.8) is 0 Å². The summed E-state index contributed by atoms with van der Waals surface area (Å²) in [4.78, 5) is 14.9. The topological polar surface area (TPSA) is 68.7 Å². The lowest BCUT2D eigenvalue weighted by atomic mass is 10.2. The molecule has 1 rings (SSSR count). The van der Waals surface area contributed by atoms with Crippen molar-refractivity contribution in [1.29, 1.82) is 0 Å². The standard InChI is InChI=1S/C10H13NO4/c1-14-9-5-3-4-7(11-9)8(12)6-10(13)15-2/h3-5,8,12H,6H2,1-2H3/t8-/m1/s1. The first-order valence-electron chi connectivity index (χ1n) is 4.43. The van der Waals surface area contributed by atoms with E-state index in [1.165, 1.54) is 14.2 Å². The number of carbonyl (C=O) groups excluding carboxylic acids is 1. The van der Waals surface area contributed by atoms with Crippen LogP contribution in [0, 0.1) is 0 Å². The molecule has 0 bridgehead atoms. The summed E-state index contributed by atoms with van der Waals surface area (Å²) in [6, 6.07) is 4.98. The number of aliphatic hydroxyl groups is 1. The van der Waals surface area contributed by atoms with E-state index in [1.807, 2.05) is 0 Å². The van der Waals surface area contributed by atoms with Gasteiger partial charge in [0.25, 0.3) is 0 Å². The molecule has 15 heavy (non-hydrogen) atoms. The summed E-state index contributed by atoms with van der Waals surface area (Å²) in [6.07, 6.45) is -1.08. The molecule has 0 saturated carbocycles. The maximum absolute atomic E-state index is 10.9. The van der Waals surface area contributed by atoms with Crippen molar-refractivity contribution in [3.05, 3.63) is 23.9 Å². The number of hydrogen-bond acceptors (Lipinski definition) is 5. The number of esters is 1. The number of carbonyl (C=O) groups is 1. The van der Waals surface area contributed by atoms with Crippen molar-refractivity contribution < 1.29 is 19.4 Å². The van der Waals surface area contributed by atoms with Gasteiger partial charge < -0.3 is 14.6 Å². The van der Waals surface area contributed by atoms with Crippen LogP contribution in [0.1, 0.15) is 18.2 Å². The van der Waals surface area contributed by atoms with Crippen molar-refractivity contribution in [2.45, 2.75) is 12.5 Å². The van der Waals surface area contributed by atoms with E-state index in [2.05, 4.69) is 9.72 Å². The quantitative estimate of drug-likeness (QED) is 0.742. The zero-order valence-electron chi connectivity index (χ0n) is 8.64. The van der Waals surface area contributed by atoms with Gasteiger partial charge in [-0.05, 0) is 6.07 Å². The first-order valence-corrected chi connectivity index (χ1v) is 4.43. The van der Waals surface area contributed by atoms with E-state index in [9.17, 15) is 9.90 Å². The van der Waals surface area contributed by atoms with Gasteiger partial charge in [-0.15, -0.1) is 0 Å². The summed E-state index contributed by atoms with van der Waals surface area (Å²) in [6.45, 7) is 0. The van der Waals surface area contributed by atoms with E-state index in [4.69, 9.17) is 4.74 Å². The Morgan fingerprint density at radius 2 is 2.27 bits per heavy atom. The number of methoxy groups -OCH3 is 2. The molecule has 5 heteroatoms. The summed E-state index contributed by atoms with van der Waals surface area (Å²) in [5.41, 5.74) is 0.389. The number of aliphatic hydroxyl groups excluding tert-OH is 1. The lowest BCUT2D eigenvalue weighted by Gasteiger charge is -2.09. The van der Waals surface area contributed by atoms with Crippen LogP contribution in [0.15, 0.2) is 18.2 Å². The Morgan fingerprint density at radius 3 is 2.87 bits per heavy atom. The summed E-state index contributed by atoms with van der Waals surface area (Å²) in [5.74, 6) is -0.0801. The maximum atomic E-state index is 10.9. The summed E-state index contributed by atoms with van der Waals surface area (Å²) < 4.78 is 9.34. The van der Waals surface area contributed by atoms with Crippen LogP contribution in [0.2, 0.25) is 0 Å². The van der Waals surface area contributed by atoms with Crippen molar-refractivity contribution in [1.82, 2.24) is 4.98 Å². The Labute approximate surface area is 87.7 Å². The van der Waals surface area contributed by atoms with Gasteiger partial charge in [-0.1, -0.05) is 6.07 Å². The number of aromatic nitrogens is 1. The van der Waals surface area contributed by atoms with Crippen molar-refractivity contribution >= 4 is 5.97 Å². The highest BCUT2D eigenvalue weighted by Crippen LogP contribution is 2.17. The third kappa shape index (κ3) is 3.21. The number of ether oxygens (including phenoxy) is 2. The summed E-state index contributed by atoms with van der Waals surface area (Å²) in [5, 5.41) is 9.62. The molecule has 1 heterocycles. The molecule has 0 unspecified atom stereocenters. The van der Waals surface area contributed by atoms with E-state index in [-0.39, 0.29) is 6.42 Å². The summed E-state index contributed by atoms with van der Waals surface area (Å²) >= 11 is 0. The van der Waals surface area contributed by atoms with E-state index in [0.29, 0.717) is 11.6 Å². The molecule has 0 aromatic carbocycles. The average molecular weight is 211 g/mol. The predicted octanol–water partition coefficient (Wildman–Crippen LogP) is 0.687. The Balaban J connectivity index is 2.72. The van der Waals surface area contributed by atoms with Gasteiger partial charge in [0, 0.05) is 6.07 Å². The Bertz CT molecular complexity index is 340. The minimum atomic E-state index is -0.965. The monoisotopic (exact) mass is 211 g/mol. The molecule has 5 nitrogen and oxygen atoms in total. The number of hydrogen-bond donors (Lipinski definition) is 1. The fourth-order valence-corrected chi connectivity index (χ4v) is 1.08. The molecule has 1 aromatic rings. The molecule has 0 spiro atoms. The minimum absolute atomic E-state index is 0.114. The van der Waals surface area contributed by atoms with Gasteiger partial charge in [-0.25, -0.2) is 4.98 Å². The molecular weight excluding hydrogens is 198 g/mol. The molecule has 1 N–H and O–H groups in total. The minimum Gasteiger partial charge on any atom is -0.481 e. The number of rotatable bonds is 4. The van der Waals surface area contributed by atoms with Crippen LogP contribution < -0.4 is 4.74 Å². The largest absolute Gasteiger partial charge is 0.481 e. The van der Waals surface area contributed by atoms with Crippen LogP contribution in [0.4, 0.5) is 0 Å². The predicted molar refractivity (Wildman–Crippen MR) is 52.4 cm³/mol. The van der Waals surface area contributed by atoms with Crippen molar-refractivity contribution in [2.24, 2.45) is 0 Å². The zero-order chi connectivity index (χ0) is 11.3. The summed E-state index contributed by atoms with van der Waals surface area (Å²) in [7, 11) is 2.76. The normalized spacial score (nSPS) is 11.9. The second-order valence-corrected chi connectivity index (χ2v) is 2.90. The molecule has 1 atom stereocenters. The van der Waals surface area contributed by atoms with Crippen molar-refractivity contribution in [2.75, 3.05) is 14.2 Å². The van der Waals surface area contributed by atoms with Gasteiger partial charge in [-0.2, -0.15) is 0 Å². The molecule has 0 aliphatic heterocycles. The molecule has 0 fully saturated rings. The van der Waals surface area contributed by atoms with E-state index < -0.39 is 12.1 Å². The molecule has 1 aromatic heterocycles. The highest BCUT2D eigenvalue weighted by molar-refractivity contribution is 5.69. The average Bonchev–Trinajstić information content (AvgIpc) is 2.28. The molecule has 82 valence electrons. The van der Waals surface area contributed by atoms with Crippen LogP contribution in [-0.2, 0) is 9.53 Å². The highest BCUT2D eigenvalue weighted by Gasteiger charge is 2.14.